The first kappa shape index (κ1) is 19.7. The number of carbonyl (C=O) groups is 2. The lowest BCUT2D eigenvalue weighted by Crippen LogP contribution is -2.34. The highest BCUT2D eigenvalue weighted by atomic mass is 35.5. The quantitative estimate of drug-likeness (QED) is 0.623. The number of benzene rings is 2. The van der Waals surface area contributed by atoms with Crippen LogP contribution in [0.1, 0.15) is 42.3 Å². The predicted octanol–water partition coefficient (Wildman–Crippen LogP) is 3.52. The number of nitrogens with zero attached hydrogens (tertiary/aromatic N) is 1. The lowest BCUT2D eigenvalue weighted by Gasteiger charge is -2.19. The molecule has 136 valence electrons. The zero-order chi connectivity index (χ0) is 19.2. The first-order chi connectivity index (χ1) is 12.3. The molecule has 0 bridgehead atoms. The van der Waals surface area contributed by atoms with Gasteiger partial charge in [-0.1, -0.05) is 56.6 Å². The Morgan fingerprint density at radius 2 is 1.65 bits per heavy atom. The summed E-state index contributed by atoms with van der Waals surface area (Å²) in [6.07, 6.45) is 1.50. The van der Waals surface area contributed by atoms with Gasteiger partial charge in [-0.15, -0.1) is 0 Å². The Labute approximate surface area is 158 Å². The summed E-state index contributed by atoms with van der Waals surface area (Å²) in [6, 6.07) is 14.4. The maximum atomic E-state index is 12.1. The summed E-state index contributed by atoms with van der Waals surface area (Å²) < 4.78 is 0. The molecular weight excluding hydrogens is 350 g/mol. The Hall–Kier alpha value is -2.66. The summed E-state index contributed by atoms with van der Waals surface area (Å²) >= 11 is 5.79. The van der Waals surface area contributed by atoms with Crippen LogP contribution < -0.4 is 10.7 Å². The van der Waals surface area contributed by atoms with Gasteiger partial charge in [-0.05, 0) is 40.8 Å². The van der Waals surface area contributed by atoms with E-state index < -0.39 is 5.91 Å². The molecule has 5 nitrogen and oxygen atoms in total. The minimum absolute atomic E-state index is 0.0248. The average molecular weight is 372 g/mol. The van der Waals surface area contributed by atoms with E-state index in [1.54, 1.807) is 36.4 Å². The van der Waals surface area contributed by atoms with Gasteiger partial charge in [0.1, 0.15) is 0 Å². The minimum atomic E-state index is -0.408. The normalized spacial score (nSPS) is 11.4. The fraction of sp³-hybridized carbons (Fsp3) is 0.250. The molecule has 2 rings (SSSR count). The summed E-state index contributed by atoms with van der Waals surface area (Å²) in [5, 5.41) is 7.04. The summed E-state index contributed by atoms with van der Waals surface area (Å²) in [5.74, 6) is -0.711. The fourth-order valence-electron chi connectivity index (χ4n) is 2.15. The molecule has 2 aromatic rings. The van der Waals surface area contributed by atoms with Gasteiger partial charge in [0, 0.05) is 10.6 Å². The maximum Gasteiger partial charge on any atom is 0.259 e. The summed E-state index contributed by atoms with van der Waals surface area (Å²) in [7, 11) is 0. The van der Waals surface area contributed by atoms with Crippen LogP contribution in [0.15, 0.2) is 53.6 Å². The predicted molar refractivity (Wildman–Crippen MR) is 105 cm³/mol. The molecule has 26 heavy (non-hydrogen) atoms. The number of nitrogens with one attached hydrogen (secondary N) is 2. The van der Waals surface area contributed by atoms with Gasteiger partial charge >= 0.3 is 0 Å². The molecule has 0 radical (unpaired) electrons. The summed E-state index contributed by atoms with van der Waals surface area (Å²) in [6.45, 7) is 6.17. The van der Waals surface area contributed by atoms with Crippen molar-refractivity contribution in [1.29, 1.82) is 0 Å². The number of rotatable bonds is 5. The van der Waals surface area contributed by atoms with E-state index in [2.05, 4.69) is 36.6 Å². The van der Waals surface area contributed by atoms with E-state index in [9.17, 15) is 9.59 Å². The second-order valence-electron chi connectivity index (χ2n) is 6.85. The van der Waals surface area contributed by atoms with Crippen molar-refractivity contribution in [3.05, 3.63) is 70.2 Å². The molecule has 0 spiro atoms. The molecule has 0 saturated carbocycles. The molecule has 0 aromatic heterocycles. The fourth-order valence-corrected chi connectivity index (χ4v) is 2.28. The van der Waals surface area contributed by atoms with Gasteiger partial charge in [0.15, 0.2) is 0 Å². The number of carbonyl (C=O) groups excluding carboxylic acids is 2. The Morgan fingerprint density at radius 3 is 2.23 bits per heavy atom. The van der Waals surface area contributed by atoms with E-state index in [0.29, 0.717) is 10.6 Å². The summed E-state index contributed by atoms with van der Waals surface area (Å²) in [5.41, 5.74) is 4.84. The molecule has 0 aliphatic carbocycles. The van der Waals surface area contributed by atoms with Crippen molar-refractivity contribution in [3.63, 3.8) is 0 Å². The number of halogens is 1. The molecule has 0 heterocycles. The number of hydrazone groups is 1. The van der Waals surface area contributed by atoms with Gasteiger partial charge < -0.3 is 5.32 Å². The van der Waals surface area contributed by atoms with E-state index in [1.807, 2.05) is 12.1 Å². The van der Waals surface area contributed by atoms with Crippen LogP contribution in [-0.4, -0.2) is 24.6 Å². The third-order valence-corrected chi connectivity index (χ3v) is 3.95. The Kier molecular flexibility index (Phi) is 6.52. The third-order valence-electron chi connectivity index (χ3n) is 3.70. The Morgan fingerprint density at radius 1 is 1.04 bits per heavy atom. The molecule has 2 amide bonds. The van der Waals surface area contributed by atoms with Crippen LogP contribution in [0, 0.1) is 0 Å². The van der Waals surface area contributed by atoms with Crippen molar-refractivity contribution in [2.24, 2.45) is 5.10 Å². The van der Waals surface area contributed by atoms with Crippen molar-refractivity contribution < 1.29 is 9.59 Å². The van der Waals surface area contributed by atoms with Crippen LogP contribution in [0.5, 0.6) is 0 Å². The zero-order valence-electron chi connectivity index (χ0n) is 15.0. The second-order valence-corrected chi connectivity index (χ2v) is 7.29. The number of hydrogen-bond donors (Lipinski definition) is 2. The first-order valence-corrected chi connectivity index (χ1v) is 8.60. The standard InChI is InChI=1S/C20H22ClN3O2/c1-20(2,3)16-8-6-15(7-9-16)19(26)22-13-18(25)24-23-12-14-4-10-17(21)11-5-14/h4-12H,13H2,1-3H3,(H,22,26)(H,24,25)/b23-12+. The highest BCUT2D eigenvalue weighted by Gasteiger charge is 2.14. The molecule has 0 aliphatic heterocycles. The second kappa shape index (κ2) is 8.63. The van der Waals surface area contributed by atoms with E-state index >= 15 is 0 Å². The van der Waals surface area contributed by atoms with Crippen LogP contribution in [0.4, 0.5) is 0 Å². The van der Waals surface area contributed by atoms with E-state index in [0.717, 1.165) is 11.1 Å². The SMILES string of the molecule is CC(C)(C)c1ccc(C(=O)NCC(=O)N/N=C/c2ccc(Cl)cc2)cc1. The molecule has 0 aliphatic rings. The van der Waals surface area contributed by atoms with Crippen LogP contribution in [-0.2, 0) is 10.2 Å². The van der Waals surface area contributed by atoms with E-state index in [4.69, 9.17) is 11.6 Å². The molecule has 0 unspecified atom stereocenters. The Bertz CT molecular complexity index is 791. The molecule has 0 fully saturated rings. The maximum absolute atomic E-state index is 12.1. The van der Waals surface area contributed by atoms with Crippen molar-refractivity contribution in [2.75, 3.05) is 6.54 Å². The van der Waals surface area contributed by atoms with Crippen LogP contribution >= 0.6 is 11.6 Å². The van der Waals surface area contributed by atoms with Crippen molar-refractivity contribution >= 4 is 29.6 Å². The minimum Gasteiger partial charge on any atom is -0.343 e. The van der Waals surface area contributed by atoms with Gasteiger partial charge in [-0.25, -0.2) is 5.43 Å². The number of amides is 2. The zero-order valence-corrected chi connectivity index (χ0v) is 15.8. The lowest BCUT2D eigenvalue weighted by atomic mass is 9.87. The number of hydrogen-bond acceptors (Lipinski definition) is 3. The molecule has 6 heteroatoms. The van der Waals surface area contributed by atoms with Crippen molar-refractivity contribution in [2.45, 2.75) is 26.2 Å². The van der Waals surface area contributed by atoms with Crippen LogP contribution in [0.3, 0.4) is 0 Å². The molecule has 2 N–H and O–H groups in total. The van der Waals surface area contributed by atoms with Gasteiger partial charge in [-0.2, -0.15) is 5.10 Å². The van der Waals surface area contributed by atoms with Gasteiger partial charge in [0.25, 0.3) is 11.8 Å². The Balaban J connectivity index is 1.81. The van der Waals surface area contributed by atoms with Crippen molar-refractivity contribution in [1.82, 2.24) is 10.7 Å². The van der Waals surface area contributed by atoms with Crippen molar-refractivity contribution in [3.8, 4) is 0 Å². The molecular formula is C20H22ClN3O2. The highest BCUT2D eigenvalue weighted by molar-refractivity contribution is 6.30. The molecule has 2 aromatic carbocycles. The van der Waals surface area contributed by atoms with E-state index in [1.165, 1.54) is 6.21 Å². The van der Waals surface area contributed by atoms with Crippen LogP contribution in [0.25, 0.3) is 0 Å². The largest absolute Gasteiger partial charge is 0.343 e. The molecule has 0 saturated heterocycles. The van der Waals surface area contributed by atoms with Crippen LogP contribution in [0.2, 0.25) is 5.02 Å². The van der Waals surface area contributed by atoms with Gasteiger partial charge in [0.2, 0.25) is 0 Å². The molecule has 0 atom stereocenters. The highest BCUT2D eigenvalue weighted by Crippen LogP contribution is 2.22. The third kappa shape index (κ3) is 6.01. The monoisotopic (exact) mass is 371 g/mol. The smallest absolute Gasteiger partial charge is 0.259 e. The first-order valence-electron chi connectivity index (χ1n) is 8.22. The van der Waals surface area contributed by atoms with Gasteiger partial charge in [-0.3, -0.25) is 9.59 Å². The van der Waals surface area contributed by atoms with Gasteiger partial charge in [0.05, 0.1) is 12.8 Å². The summed E-state index contributed by atoms with van der Waals surface area (Å²) in [4.78, 5) is 23.8. The van der Waals surface area contributed by atoms with E-state index in [-0.39, 0.29) is 17.9 Å². The lowest BCUT2D eigenvalue weighted by molar-refractivity contribution is -0.120. The topological polar surface area (TPSA) is 70.6 Å². The average Bonchev–Trinajstić information content (AvgIpc) is 2.61.